The average molecular weight is 1270 g/mol. The third kappa shape index (κ3) is 22.4. The molecule has 0 saturated carbocycles. The highest BCUT2D eigenvalue weighted by atomic mass is 79.9. The number of hydrogen-bond acceptors (Lipinski definition) is 14. The minimum Gasteiger partial charge on any atom is -0.435 e. The van der Waals surface area contributed by atoms with Crippen molar-refractivity contribution in [2.24, 2.45) is 10.7 Å². The van der Waals surface area contributed by atoms with Gasteiger partial charge in [0.15, 0.2) is 21.2 Å². The van der Waals surface area contributed by atoms with Gasteiger partial charge in [-0.1, -0.05) is 60.8 Å². The van der Waals surface area contributed by atoms with Crippen molar-refractivity contribution in [3.63, 3.8) is 0 Å². The summed E-state index contributed by atoms with van der Waals surface area (Å²) in [5, 5.41) is 7.90. The molecule has 2 saturated heterocycles. The number of thioether (sulfide) groups is 1. The van der Waals surface area contributed by atoms with Gasteiger partial charge in [0.25, 0.3) is 0 Å². The number of thiazole rings is 1. The van der Waals surface area contributed by atoms with Crippen molar-refractivity contribution < 1.29 is 36.6 Å². The molecule has 6 N–H and O–H groups in total. The summed E-state index contributed by atoms with van der Waals surface area (Å²) in [5.74, 6) is 0.597. The van der Waals surface area contributed by atoms with Crippen molar-refractivity contribution in [1.82, 2.24) is 14.8 Å². The van der Waals surface area contributed by atoms with Gasteiger partial charge in [-0.05, 0) is 143 Å². The third-order valence-electron chi connectivity index (χ3n) is 11.3. The number of thiocarbonyl (C=S) groups is 1. The molecule has 1 unspecified atom stereocenters. The van der Waals surface area contributed by atoms with Crippen LogP contribution in [0, 0.1) is 0 Å². The van der Waals surface area contributed by atoms with Gasteiger partial charge in [0.2, 0.25) is 5.78 Å². The first-order chi connectivity index (χ1) is 34.4. The number of aromatic nitrogens is 1. The Kier molecular flexibility index (Phi) is 32.0. The number of carbonyl (C=O) groups excluding carboxylic acids is 2. The molecule has 0 aliphatic carbocycles. The Morgan fingerprint density at radius 1 is 0.737 bits per heavy atom. The van der Waals surface area contributed by atoms with E-state index >= 15 is 0 Å². The zero-order valence-corrected chi connectivity index (χ0v) is 49.0. The predicted molar refractivity (Wildman–Crippen MR) is 329 cm³/mol. The number of halogens is 6. The number of Topliss-reactive ketones (excluding diaryl/α,β-unsaturated/α-hetero) is 1. The molecule has 14 nitrogen and oxygen atoms in total. The van der Waals surface area contributed by atoms with Crippen molar-refractivity contribution >= 4 is 134 Å². The highest BCUT2D eigenvalue weighted by Crippen LogP contribution is 2.31. The van der Waals surface area contributed by atoms with Crippen molar-refractivity contribution in [3.8, 4) is 11.5 Å². The molecule has 7 rings (SSSR count). The molecule has 0 bridgehead atoms. The number of benzene rings is 4. The van der Waals surface area contributed by atoms with Gasteiger partial charge < -0.3 is 41.4 Å². The highest BCUT2D eigenvalue weighted by molar-refractivity contribution is 9.09. The second-order valence-electron chi connectivity index (χ2n) is 16.7. The van der Waals surface area contributed by atoms with Gasteiger partial charge in [0.1, 0.15) is 22.2 Å². The number of hydrogen-bond donors (Lipinski definition) is 4. The number of amidine groups is 1. The quantitative estimate of drug-likeness (QED) is 0.0140. The van der Waals surface area contributed by atoms with Crippen molar-refractivity contribution in [2.45, 2.75) is 74.8 Å². The van der Waals surface area contributed by atoms with Gasteiger partial charge in [-0.2, -0.15) is 32.5 Å². The van der Waals surface area contributed by atoms with Crippen molar-refractivity contribution in [2.75, 3.05) is 89.6 Å². The minimum atomic E-state index is -2.92. The van der Waals surface area contributed by atoms with E-state index in [1.165, 1.54) is 71.7 Å². The van der Waals surface area contributed by atoms with Crippen LogP contribution in [-0.4, -0.2) is 125 Å². The van der Waals surface area contributed by atoms with Gasteiger partial charge in [0, 0.05) is 98.3 Å². The van der Waals surface area contributed by atoms with Gasteiger partial charge >= 0.3 is 13.2 Å². The summed E-state index contributed by atoms with van der Waals surface area (Å²) in [5.41, 5.74) is 16.7. The summed E-state index contributed by atoms with van der Waals surface area (Å²) in [6, 6.07) is 28.7. The van der Waals surface area contributed by atoms with E-state index in [2.05, 4.69) is 118 Å². The summed E-state index contributed by atoms with van der Waals surface area (Å²) in [4.78, 5) is 42.4. The Bertz CT molecular complexity index is 2520. The smallest absolute Gasteiger partial charge is 0.387 e. The molecule has 0 spiro atoms. The number of nitrogens with one attached hydrogen (secondary N) is 2. The number of nitrogens with two attached hydrogens (primary N) is 2. The summed E-state index contributed by atoms with van der Waals surface area (Å²) < 4.78 is 56.6. The first kappa shape index (κ1) is 69.4. The van der Waals surface area contributed by atoms with E-state index in [0.29, 0.717) is 38.6 Å². The molecular weight excluding hydrogens is 1190 g/mol. The fraction of sp³-hybridized carbons (Fsp3) is 0.404. The molecule has 5 aromatic rings. The normalized spacial score (nSPS) is 13.6. The van der Waals surface area contributed by atoms with Gasteiger partial charge in [-0.15, -0.1) is 17.0 Å². The molecule has 0 amide bonds. The lowest BCUT2D eigenvalue weighted by Crippen LogP contribution is -2.48. The maximum Gasteiger partial charge on any atom is 0.387 e. The van der Waals surface area contributed by atoms with Crippen LogP contribution in [0.1, 0.15) is 75.1 Å². The van der Waals surface area contributed by atoms with Crippen LogP contribution in [0.3, 0.4) is 0 Å². The van der Waals surface area contributed by atoms with Crippen molar-refractivity contribution in [1.29, 1.82) is 0 Å². The maximum atomic E-state index is 12.8. The van der Waals surface area contributed by atoms with E-state index in [1.807, 2.05) is 31.2 Å². The van der Waals surface area contributed by atoms with E-state index in [1.54, 1.807) is 0 Å². The van der Waals surface area contributed by atoms with Crippen LogP contribution < -0.4 is 41.4 Å². The van der Waals surface area contributed by atoms with Crippen LogP contribution in [0.25, 0.3) is 0 Å². The second-order valence-corrected chi connectivity index (χ2v) is 19.9. The first-order valence-electron chi connectivity index (χ1n) is 23.2. The fourth-order valence-corrected chi connectivity index (χ4v) is 9.34. The summed E-state index contributed by atoms with van der Waals surface area (Å²) in [6.07, 6.45) is 0. The maximum absolute atomic E-state index is 12.8. The Morgan fingerprint density at radius 3 is 1.55 bits per heavy atom. The molecule has 2 aliphatic rings. The molecule has 2 fully saturated rings. The van der Waals surface area contributed by atoms with Crippen LogP contribution in [0.5, 0.6) is 11.5 Å². The molecule has 4 aromatic carbocycles. The Labute approximate surface area is 481 Å². The number of rotatable bonds is 16. The molecule has 76 heavy (non-hydrogen) atoms. The van der Waals surface area contributed by atoms with Crippen LogP contribution in [0.2, 0.25) is 0 Å². The lowest BCUT2D eigenvalue weighted by atomic mass is 10.1. The molecule has 0 radical (unpaired) electrons. The first-order valence-corrected chi connectivity index (χ1v) is 26.5. The Hall–Kier alpha value is -4.61. The molecule has 2 aliphatic heterocycles. The van der Waals surface area contributed by atoms with Crippen LogP contribution in [0.15, 0.2) is 102 Å². The lowest BCUT2D eigenvalue weighted by molar-refractivity contribution is -0.0505. The SMILES string of the molecule is Br.C.C.CC(C)N1CCN(c2ccc(Nc3nc(N)c(C(=O)c4ccc(OC(F)F)cc4)s3)cc2)CC1.CCSC(N)=NC(=S)Nc1ccc(N2CCN(C(C)C)CC2)cc1.O=C(CBr)c1ccc(OC(F)F)cc1.P. The number of carbonyl (C=O) groups is 2. The number of aliphatic imine (C=N–C) groups is 1. The molecule has 1 atom stereocenters. The summed E-state index contributed by atoms with van der Waals surface area (Å²) in [7, 11) is 0. The standard InChI is InChI=1S/C24H27F2N5O2S.C17H27N5S2.C9H7BrF2O2.2CH4.BrH.H3P/c1-15(2)30-11-13-31(14-12-30)18-7-5-17(6-8-18)28-24-29-22(27)21(34-24)20(32)16-3-9-19(10-4-16)33-23(25)26;1-4-24-16(18)20-17(23)19-14-5-7-15(8-6-14)22-11-9-21(10-12-22)13(2)3;10-5-8(13)6-1-3-7(4-2-6)14-9(11)12;;;;/h3-10,15,23H,11-14,27H2,1-2H3,(H,28,29);5-8,13H,4,9-12H2,1-3H3,(H3,18,19,20,23);1-4,9H,5H2;2*1H4;1H;1H3. The number of piperazine rings is 2. The number of alkyl halides is 5. The highest BCUT2D eigenvalue weighted by Gasteiger charge is 2.22. The molecular formula is C52H73Br2F4N10O4PS3. The van der Waals surface area contributed by atoms with Crippen LogP contribution in [-0.2, 0) is 0 Å². The Balaban J connectivity index is 0.000000603. The molecule has 1 aromatic heterocycles. The fourth-order valence-electron chi connectivity index (χ4n) is 7.43. The van der Waals surface area contributed by atoms with E-state index in [0.717, 1.165) is 80.8 Å². The van der Waals surface area contributed by atoms with Crippen LogP contribution >= 0.6 is 78.1 Å². The molecule has 420 valence electrons. The number of anilines is 6. The average Bonchev–Trinajstić information content (AvgIpc) is 3.73. The summed E-state index contributed by atoms with van der Waals surface area (Å²) in [6.45, 7) is 13.7. The van der Waals surface area contributed by atoms with Crippen molar-refractivity contribution in [3.05, 3.63) is 113 Å². The zero-order valence-electron chi connectivity index (χ0n) is 41.8. The largest absolute Gasteiger partial charge is 0.435 e. The van der Waals surface area contributed by atoms with Crippen LogP contribution in [0.4, 0.5) is 51.3 Å². The summed E-state index contributed by atoms with van der Waals surface area (Å²) >= 11 is 10.8. The van der Waals surface area contributed by atoms with E-state index in [9.17, 15) is 27.2 Å². The van der Waals surface area contributed by atoms with Gasteiger partial charge in [-0.25, -0.2) is 4.98 Å². The number of nitrogen functional groups attached to an aromatic ring is 1. The molecule has 24 heteroatoms. The number of ketones is 2. The lowest BCUT2D eigenvalue weighted by Gasteiger charge is -2.38. The van der Waals surface area contributed by atoms with Gasteiger partial charge in [0.05, 0.1) is 5.33 Å². The molecule has 3 heterocycles. The van der Waals surface area contributed by atoms with Gasteiger partial charge in [-0.3, -0.25) is 19.4 Å². The monoisotopic (exact) mass is 1260 g/mol. The zero-order chi connectivity index (χ0) is 52.3. The third-order valence-corrected chi connectivity index (χ3v) is 13.6. The number of ether oxygens (including phenoxy) is 2. The number of nitrogens with zero attached hydrogens (tertiary/aromatic N) is 6. The predicted octanol–water partition coefficient (Wildman–Crippen LogP) is 12.6. The van der Waals surface area contributed by atoms with E-state index in [4.69, 9.17) is 23.7 Å². The minimum absolute atomic E-state index is 0. The topological polar surface area (TPSA) is 167 Å². The van der Waals surface area contributed by atoms with E-state index in [-0.39, 0.29) is 80.8 Å². The second kappa shape index (κ2) is 35.0. The Morgan fingerprint density at radius 2 is 1.16 bits per heavy atom. The van der Waals surface area contributed by atoms with E-state index < -0.39 is 13.2 Å².